The summed E-state index contributed by atoms with van der Waals surface area (Å²) in [6, 6.07) is 12.2. The molecule has 0 radical (unpaired) electrons. The number of aryl methyl sites for hydroxylation is 2. The molecule has 0 atom stereocenters. The third-order valence-electron chi connectivity index (χ3n) is 3.21. The van der Waals surface area contributed by atoms with Gasteiger partial charge < -0.3 is 5.32 Å². The van der Waals surface area contributed by atoms with E-state index in [2.05, 4.69) is 37.4 Å². The predicted octanol–water partition coefficient (Wildman–Crippen LogP) is 5.48. The lowest BCUT2D eigenvalue weighted by molar-refractivity contribution is 1.09. The minimum atomic E-state index is 0.592. The largest absolute Gasteiger partial charge is 0.381 e. The van der Waals surface area contributed by atoms with Crippen molar-refractivity contribution in [1.29, 1.82) is 0 Å². The van der Waals surface area contributed by atoms with E-state index in [9.17, 15) is 0 Å². The highest BCUT2D eigenvalue weighted by Gasteiger charge is 2.01. The third-order valence-corrected chi connectivity index (χ3v) is 3.95. The van der Waals surface area contributed by atoms with Crippen LogP contribution in [0.5, 0.6) is 0 Å². The van der Waals surface area contributed by atoms with Gasteiger partial charge in [0.1, 0.15) is 0 Å². The minimum absolute atomic E-state index is 0.592. The summed E-state index contributed by atoms with van der Waals surface area (Å²) >= 11 is 11.9. The molecule has 0 amide bonds. The molecule has 0 unspecified atom stereocenters. The van der Waals surface area contributed by atoms with Crippen LogP contribution < -0.4 is 5.32 Å². The maximum atomic E-state index is 6.00. The monoisotopic (exact) mass is 293 g/mol. The Morgan fingerprint density at radius 1 is 1.00 bits per heavy atom. The average Bonchev–Trinajstić information content (AvgIpc) is 2.41. The van der Waals surface area contributed by atoms with Gasteiger partial charge in [0.15, 0.2) is 0 Å². The van der Waals surface area contributed by atoms with Crippen molar-refractivity contribution >= 4 is 28.9 Å². The van der Waals surface area contributed by atoms with Crippen LogP contribution in [0.25, 0.3) is 0 Å². The van der Waals surface area contributed by atoms with Gasteiger partial charge in [-0.25, -0.2) is 0 Å². The molecule has 1 N–H and O–H groups in total. The quantitative estimate of drug-likeness (QED) is 0.787. The Morgan fingerprint density at radius 2 is 1.79 bits per heavy atom. The highest BCUT2D eigenvalue weighted by Crippen LogP contribution is 2.23. The summed E-state index contributed by atoms with van der Waals surface area (Å²) in [6.07, 6.45) is 1.05. The zero-order valence-corrected chi connectivity index (χ0v) is 12.6. The van der Waals surface area contributed by atoms with Crippen LogP contribution in [-0.4, -0.2) is 0 Å². The molecule has 2 aromatic rings. The molecule has 0 aliphatic heterocycles. The van der Waals surface area contributed by atoms with Crippen molar-refractivity contribution < 1.29 is 0 Å². The van der Waals surface area contributed by atoms with Crippen LogP contribution in [0.3, 0.4) is 0 Å². The number of halogens is 2. The van der Waals surface area contributed by atoms with Crippen molar-refractivity contribution in [1.82, 2.24) is 0 Å². The van der Waals surface area contributed by atoms with E-state index >= 15 is 0 Å². The first-order valence-electron chi connectivity index (χ1n) is 6.37. The second-order valence-electron chi connectivity index (χ2n) is 4.60. The molecule has 0 aliphatic rings. The number of hydrogen-bond acceptors (Lipinski definition) is 1. The molecule has 19 heavy (non-hydrogen) atoms. The van der Waals surface area contributed by atoms with E-state index in [1.54, 1.807) is 0 Å². The molecule has 0 saturated heterocycles. The molecule has 0 aliphatic carbocycles. The zero-order chi connectivity index (χ0) is 13.8. The highest BCUT2D eigenvalue weighted by molar-refractivity contribution is 6.42. The summed E-state index contributed by atoms with van der Waals surface area (Å²) in [6.45, 7) is 5.05. The normalized spacial score (nSPS) is 10.5. The number of rotatable bonds is 4. The van der Waals surface area contributed by atoms with E-state index in [0.717, 1.165) is 24.2 Å². The van der Waals surface area contributed by atoms with Gasteiger partial charge in [0.25, 0.3) is 0 Å². The van der Waals surface area contributed by atoms with Gasteiger partial charge in [0.2, 0.25) is 0 Å². The molecule has 0 bridgehead atoms. The Morgan fingerprint density at radius 3 is 2.47 bits per heavy atom. The molecular formula is C16H17Cl2N. The summed E-state index contributed by atoms with van der Waals surface area (Å²) in [5.41, 5.74) is 4.96. The molecular weight excluding hydrogens is 277 g/mol. The molecule has 0 saturated carbocycles. The third kappa shape index (κ3) is 3.65. The van der Waals surface area contributed by atoms with Crippen LogP contribution in [0.1, 0.15) is 23.6 Å². The Balaban J connectivity index is 2.07. The van der Waals surface area contributed by atoms with Crippen LogP contribution in [0.2, 0.25) is 10.0 Å². The maximum Gasteiger partial charge on any atom is 0.0595 e. The molecule has 3 heteroatoms. The van der Waals surface area contributed by atoms with Crippen LogP contribution >= 0.6 is 23.2 Å². The smallest absolute Gasteiger partial charge is 0.0595 e. The number of hydrogen-bond donors (Lipinski definition) is 1. The summed E-state index contributed by atoms with van der Waals surface area (Å²) in [7, 11) is 0. The first kappa shape index (κ1) is 14.2. The lowest BCUT2D eigenvalue weighted by Gasteiger charge is -2.10. The average molecular weight is 294 g/mol. The van der Waals surface area contributed by atoms with Gasteiger partial charge in [-0.2, -0.15) is 0 Å². The number of benzene rings is 2. The highest BCUT2D eigenvalue weighted by atomic mass is 35.5. The van der Waals surface area contributed by atoms with Crippen molar-refractivity contribution in [2.24, 2.45) is 0 Å². The second kappa shape index (κ2) is 6.31. The topological polar surface area (TPSA) is 12.0 Å². The standard InChI is InChI=1S/C16H17Cl2N/c1-3-13-9-14(6-4-11(13)2)19-10-12-5-7-15(17)16(18)8-12/h4-9,19H,3,10H2,1-2H3. The lowest BCUT2D eigenvalue weighted by Crippen LogP contribution is -2.00. The number of anilines is 1. The van der Waals surface area contributed by atoms with E-state index < -0.39 is 0 Å². The molecule has 1 nitrogen and oxygen atoms in total. The summed E-state index contributed by atoms with van der Waals surface area (Å²) in [4.78, 5) is 0. The molecule has 2 aromatic carbocycles. The van der Waals surface area contributed by atoms with Crippen molar-refractivity contribution in [3.05, 3.63) is 63.1 Å². The maximum absolute atomic E-state index is 6.00. The van der Waals surface area contributed by atoms with Crippen molar-refractivity contribution in [2.45, 2.75) is 26.8 Å². The van der Waals surface area contributed by atoms with Crippen molar-refractivity contribution in [2.75, 3.05) is 5.32 Å². The Kier molecular flexibility index (Phi) is 4.73. The Labute approximate surface area is 124 Å². The van der Waals surface area contributed by atoms with Gasteiger partial charge >= 0.3 is 0 Å². The number of nitrogens with one attached hydrogen (secondary N) is 1. The molecule has 0 aromatic heterocycles. The fraction of sp³-hybridized carbons (Fsp3) is 0.250. The van der Waals surface area contributed by atoms with E-state index in [4.69, 9.17) is 23.2 Å². The van der Waals surface area contributed by atoms with Gasteiger partial charge in [0.05, 0.1) is 10.0 Å². The molecule has 2 rings (SSSR count). The van der Waals surface area contributed by atoms with Crippen molar-refractivity contribution in [3.63, 3.8) is 0 Å². The molecule has 0 heterocycles. The first-order valence-corrected chi connectivity index (χ1v) is 7.13. The molecule has 100 valence electrons. The van der Waals surface area contributed by atoms with Gasteiger partial charge in [-0.3, -0.25) is 0 Å². The fourth-order valence-corrected chi connectivity index (χ4v) is 2.34. The molecule has 0 fully saturated rings. The fourth-order valence-electron chi connectivity index (χ4n) is 2.02. The Hall–Kier alpha value is -1.18. The van der Waals surface area contributed by atoms with E-state index in [1.807, 2.05) is 18.2 Å². The van der Waals surface area contributed by atoms with E-state index in [0.29, 0.717) is 10.0 Å². The summed E-state index contributed by atoms with van der Waals surface area (Å²) in [5.74, 6) is 0. The lowest BCUT2D eigenvalue weighted by atomic mass is 10.1. The van der Waals surface area contributed by atoms with Crippen LogP contribution in [0.15, 0.2) is 36.4 Å². The molecule has 0 spiro atoms. The first-order chi connectivity index (χ1) is 9.10. The predicted molar refractivity (Wildman–Crippen MR) is 84.3 cm³/mol. The SMILES string of the molecule is CCc1cc(NCc2ccc(Cl)c(Cl)c2)ccc1C. The van der Waals surface area contributed by atoms with Crippen molar-refractivity contribution in [3.8, 4) is 0 Å². The van der Waals surface area contributed by atoms with E-state index in [-0.39, 0.29) is 0 Å². The second-order valence-corrected chi connectivity index (χ2v) is 5.41. The van der Waals surface area contributed by atoms with Gasteiger partial charge in [0, 0.05) is 12.2 Å². The van der Waals surface area contributed by atoms with E-state index in [1.165, 1.54) is 11.1 Å². The summed E-state index contributed by atoms with van der Waals surface area (Å²) in [5, 5.41) is 4.60. The Bertz CT molecular complexity index is 579. The zero-order valence-electron chi connectivity index (χ0n) is 11.1. The van der Waals surface area contributed by atoms with Crippen LogP contribution in [0.4, 0.5) is 5.69 Å². The van der Waals surface area contributed by atoms with Gasteiger partial charge in [-0.05, 0) is 54.3 Å². The van der Waals surface area contributed by atoms with Crippen LogP contribution in [0, 0.1) is 6.92 Å². The van der Waals surface area contributed by atoms with Crippen LogP contribution in [-0.2, 0) is 13.0 Å². The minimum Gasteiger partial charge on any atom is -0.381 e. The summed E-state index contributed by atoms with van der Waals surface area (Å²) < 4.78 is 0. The van der Waals surface area contributed by atoms with Gasteiger partial charge in [-0.1, -0.05) is 42.3 Å². The van der Waals surface area contributed by atoms with Gasteiger partial charge in [-0.15, -0.1) is 0 Å².